The third-order valence-corrected chi connectivity index (χ3v) is 4.24. The summed E-state index contributed by atoms with van der Waals surface area (Å²) in [5.41, 5.74) is -0.0164. The second-order valence-corrected chi connectivity index (χ2v) is 6.26. The molecular formula is C9H14N2O5S2. The number of hydrogen-bond acceptors (Lipinski definition) is 6. The summed E-state index contributed by atoms with van der Waals surface area (Å²) in [4.78, 5) is 14.4. The molecule has 0 saturated heterocycles. The van der Waals surface area contributed by atoms with Gasteiger partial charge >= 0.3 is 5.97 Å². The summed E-state index contributed by atoms with van der Waals surface area (Å²) >= 11 is 1.19. The summed E-state index contributed by atoms with van der Waals surface area (Å²) in [5.74, 6) is -1.18. The fourth-order valence-electron chi connectivity index (χ4n) is 1.10. The SMILES string of the molecule is COCCS(=O)(=O)NCCc1nc(C(=O)O)cs1. The Morgan fingerprint density at radius 3 is 2.89 bits per heavy atom. The molecule has 0 aliphatic rings. The normalized spacial score (nSPS) is 11.6. The Kier molecular flexibility index (Phi) is 5.66. The van der Waals surface area contributed by atoms with E-state index in [0.717, 1.165) is 0 Å². The van der Waals surface area contributed by atoms with Crippen molar-refractivity contribution >= 4 is 27.3 Å². The molecular weight excluding hydrogens is 280 g/mol. The highest BCUT2D eigenvalue weighted by molar-refractivity contribution is 7.89. The molecule has 0 aliphatic carbocycles. The molecule has 1 aromatic rings. The number of sulfonamides is 1. The number of hydrogen-bond donors (Lipinski definition) is 2. The van der Waals surface area contributed by atoms with Crippen molar-refractivity contribution in [2.24, 2.45) is 0 Å². The lowest BCUT2D eigenvalue weighted by molar-refractivity contribution is 0.0691. The summed E-state index contributed by atoms with van der Waals surface area (Å²) in [6, 6.07) is 0. The van der Waals surface area contributed by atoms with E-state index in [2.05, 4.69) is 14.4 Å². The Morgan fingerprint density at radius 1 is 1.61 bits per heavy atom. The van der Waals surface area contributed by atoms with Crippen LogP contribution in [0.4, 0.5) is 0 Å². The van der Waals surface area contributed by atoms with Gasteiger partial charge < -0.3 is 9.84 Å². The maximum absolute atomic E-state index is 11.4. The summed E-state index contributed by atoms with van der Waals surface area (Å²) < 4.78 is 29.9. The Balaban J connectivity index is 2.39. The summed E-state index contributed by atoms with van der Waals surface area (Å²) in [7, 11) is -1.91. The smallest absolute Gasteiger partial charge is 0.355 e. The zero-order chi connectivity index (χ0) is 13.6. The van der Waals surface area contributed by atoms with E-state index in [9.17, 15) is 13.2 Å². The largest absolute Gasteiger partial charge is 0.476 e. The molecule has 102 valence electrons. The van der Waals surface area contributed by atoms with Crippen LogP contribution in [0.3, 0.4) is 0 Å². The molecule has 7 nitrogen and oxygen atoms in total. The number of aromatic nitrogens is 1. The first-order chi connectivity index (χ1) is 8.44. The molecule has 0 atom stereocenters. The van der Waals surface area contributed by atoms with Gasteiger partial charge in [-0.15, -0.1) is 11.3 Å². The van der Waals surface area contributed by atoms with Crippen LogP contribution in [0.2, 0.25) is 0 Å². The molecule has 18 heavy (non-hydrogen) atoms. The predicted molar refractivity (Wildman–Crippen MR) is 66.4 cm³/mol. The summed E-state index contributed by atoms with van der Waals surface area (Å²) in [6.07, 6.45) is 0.365. The quantitative estimate of drug-likeness (QED) is 0.696. The number of carboxylic acids is 1. The van der Waals surface area contributed by atoms with Crippen LogP contribution in [-0.2, 0) is 21.2 Å². The van der Waals surface area contributed by atoms with Crippen LogP contribution in [-0.4, -0.2) is 50.5 Å². The van der Waals surface area contributed by atoms with Gasteiger partial charge in [0.1, 0.15) is 0 Å². The van der Waals surface area contributed by atoms with Gasteiger partial charge in [0.15, 0.2) is 5.69 Å². The first-order valence-corrected chi connectivity index (χ1v) is 7.62. The second-order valence-electron chi connectivity index (χ2n) is 3.39. The minimum absolute atomic E-state index is 0.0164. The topological polar surface area (TPSA) is 106 Å². The highest BCUT2D eigenvalue weighted by atomic mass is 32.2. The van der Waals surface area contributed by atoms with Crippen molar-refractivity contribution in [2.75, 3.05) is 26.0 Å². The van der Waals surface area contributed by atoms with Gasteiger partial charge in [-0.2, -0.15) is 0 Å². The number of carboxylic acid groups (broad SMARTS) is 1. The highest BCUT2D eigenvalue weighted by Gasteiger charge is 2.11. The molecule has 1 rings (SSSR count). The van der Waals surface area contributed by atoms with Crippen LogP contribution < -0.4 is 4.72 Å². The molecule has 9 heteroatoms. The number of carbonyl (C=O) groups is 1. The van der Waals surface area contributed by atoms with Crippen LogP contribution in [0.1, 0.15) is 15.5 Å². The summed E-state index contributed by atoms with van der Waals surface area (Å²) in [6.45, 7) is 0.328. The molecule has 0 fully saturated rings. The minimum atomic E-state index is -3.34. The van der Waals surface area contributed by atoms with Crippen molar-refractivity contribution in [3.8, 4) is 0 Å². The maximum atomic E-state index is 11.4. The minimum Gasteiger partial charge on any atom is -0.476 e. The van der Waals surface area contributed by atoms with Crippen molar-refractivity contribution in [1.82, 2.24) is 9.71 Å². The number of thiazole rings is 1. The van der Waals surface area contributed by atoms with E-state index in [1.54, 1.807) is 0 Å². The molecule has 1 aromatic heterocycles. The van der Waals surface area contributed by atoms with Crippen molar-refractivity contribution < 1.29 is 23.1 Å². The van der Waals surface area contributed by atoms with Gasteiger partial charge in [-0.05, 0) is 0 Å². The predicted octanol–water partition coefficient (Wildman–Crippen LogP) is -0.0504. The van der Waals surface area contributed by atoms with Gasteiger partial charge in [0, 0.05) is 25.5 Å². The van der Waals surface area contributed by atoms with Crippen LogP contribution >= 0.6 is 11.3 Å². The zero-order valence-corrected chi connectivity index (χ0v) is 11.4. The number of ether oxygens (including phenoxy) is 1. The van der Waals surface area contributed by atoms with Gasteiger partial charge in [-0.25, -0.2) is 22.9 Å². The first-order valence-electron chi connectivity index (χ1n) is 5.08. The number of nitrogens with zero attached hydrogens (tertiary/aromatic N) is 1. The number of rotatable bonds is 8. The van der Waals surface area contributed by atoms with Crippen LogP contribution in [0, 0.1) is 0 Å². The van der Waals surface area contributed by atoms with E-state index in [0.29, 0.717) is 11.4 Å². The fraction of sp³-hybridized carbons (Fsp3) is 0.556. The maximum Gasteiger partial charge on any atom is 0.355 e. The monoisotopic (exact) mass is 294 g/mol. The van der Waals surface area contributed by atoms with Gasteiger partial charge in [0.25, 0.3) is 0 Å². The molecule has 0 amide bonds. The van der Waals surface area contributed by atoms with Crippen LogP contribution in [0.5, 0.6) is 0 Å². The molecule has 1 heterocycles. The highest BCUT2D eigenvalue weighted by Crippen LogP contribution is 2.09. The lowest BCUT2D eigenvalue weighted by Gasteiger charge is -2.04. The molecule has 0 bridgehead atoms. The third kappa shape index (κ3) is 5.08. The Hall–Kier alpha value is -1.03. The fourth-order valence-corrected chi connectivity index (χ4v) is 2.82. The van der Waals surface area contributed by atoms with Gasteiger partial charge in [-0.3, -0.25) is 0 Å². The zero-order valence-electron chi connectivity index (χ0n) is 9.75. The molecule has 0 spiro atoms. The number of methoxy groups -OCH3 is 1. The molecule has 0 unspecified atom stereocenters. The lowest BCUT2D eigenvalue weighted by atomic mass is 10.4. The third-order valence-electron chi connectivity index (χ3n) is 1.99. The van der Waals surface area contributed by atoms with Crippen molar-refractivity contribution in [2.45, 2.75) is 6.42 Å². The van der Waals surface area contributed by atoms with E-state index in [1.807, 2.05) is 0 Å². The van der Waals surface area contributed by atoms with E-state index in [4.69, 9.17) is 5.11 Å². The average Bonchev–Trinajstić information content (AvgIpc) is 2.75. The standard InChI is InChI=1S/C9H14N2O5S2/c1-16-4-5-18(14,15)10-3-2-8-11-7(6-17-8)9(12)13/h6,10H,2-5H2,1H3,(H,12,13). The van der Waals surface area contributed by atoms with Crippen LogP contribution in [0.15, 0.2) is 5.38 Å². The Morgan fingerprint density at radius 2 is 2.33 bits per heavy atom. The average molecular weight is 294 g/mol. The van der Waals surface area contributed by atoms with Crippen molar-refractivity contribution in [3.05, 3.63) is 16.1 Å². The molecule has 0 aliphatic heterocycles. The van der Waals surface area contributed by atoms with E-state index in [1.165, 1.54) is 23.8 Å². The lowest BCUT2D eigenvalue weighted by Crippen LogP contribution is -2.30. The van der Waals surface area contributed by atoms with E-state index >= 15 is 0 Å². The molecule has 0 saturated carbocycles. The van der Waals surface area contributed by atoms with Gasteiger partial charge in [-0.1, -0.05) is 0 Å². The summed E-state index contributed by atoms with van der Waals surface area (Å²) in [5, 5.41) is 10.7. The molecule has 0 radical (unpaired) electrons. The van der Waals surface area contributed by atoms with Gasteiger partial charge in [0.2, 0.25) is 10.0 Å². The first kappa shape index (κ1) is 15.0. The second kappa shape index (κ2) is 6.78. The molecule has 0 aromatic carbocycles. The van der Waals surface area contributed by atoms with E-state index in [-0.39, 0.29) is 24.6 Å². The molecule has 2 N–H and O–H groups in total. The van der Waals surface area contributed by atoms with Crippen molar-refractivity contribution in [1.29, 1.82) is 0 Å². The van der Waals surface area contributed by atoms with Crippen molar-refractivity contribution in [3.63, 3.8) is 0 Å². The Bertz CT molecular complexity index is 497. The Labute approximate surface area is 109 Å². The van der Waals surface area contributed by atoms with Gasteiger partial charge in [0.05, 0.1) is 17.4 Å². The van der Waals surface area contributed by atoms with Crippen LogP contribution in [0.25, 0.3) is 0 Å². The number of aromatic carboxylic acids is 1. The van der Waals surface area contributed by atoms with E-state index < -0.39 is 16.0 Å². The number of nitrogens with one attached hydrogen (secondary N) is 1.